The number of nitrogens with one attached hydrogen (secondary N) is 2. The highest BCUT2D eigenvalue weighted by molar-refractivity contribution is 7.09. The topological polar surface area (TPSA) is 55.8 Å². The molecule has 1 fully saturated rings. The average molecular weight is 443 g/mol. The molecule has 1 aromatic carbocycles. The van der Waals surface area contributed by atoms with Crippen molar-refractivity contribution in [2.24, 2.45) is 4.99 Å². The van der Waals surface area contributed by atoms with Crippen molar-refractivity contribution in [3.05, 3.63) is 52.0 Å². The number of guanidine groups is 1. The molecular formula is C24H38N6S. The van der Waals surface area contributed by atoms with Gasteiger partial charge < -0.3 is 15.5 Å². The van der Waals surface area contributed by atoms with Crippen LogP contribution in [0.5, 0.6) is 0 Å². The van der Waals surface area contributed by atoms with Crippen molar-refractivity contribution in [3.8, 4) is 0 Å². The van der Waals surface area contributed by atoms with E-state index in [2.05, 4.69) is 88.9 Å². The van der Waals surface area contributed by atoms with Crippen molar-refractivity contribution in [3.63, 3.8) is 0 Å². The van der Waals surface area contributed by atoms with E-state index in [4.69, 9.17) is 4.99 Å². The van der Waals surface area contributed by atoms with Gasteiger partial charge in [0.15, 0.2) is 5.96 Å². The Kier molecular flexibility index (Phi) is 9.31. The Morgan fingerprint density at radius 2 is 2.03 bits per heavy atom. The molecule has 0 spiro atoms. The lowest BCUT2D eigenvalue weighted by molar-refractivity contribution is 0.0891. The van der Waals surface area contributed by atoms with Crippen molar-refractivity contribution in [1.29, 1.82) is 0 Å². The molecule has 1 atom stereocenters. The maximum atomic E-state index is 4.74. The first-order valence-electron chi connectivity index (χ1n) is 11.5. The third kappa shape index (κ3) is 7.30. The monoisotopic (exact) mass is 442 g/mol. The first-order valence-corrected chi connectivity index (χ1v) is 12.4. The fraction of sp³-hybridized carbons (Fsp3) is 0.583. The minimum absolute atomic E-state index is 0.467. The molecule has 0 bridgehead atoms. The lowest BCUT2D eigenvalue weighted by Gasteiger charge is -2.40. The van der Waals surface area contributed by atoms with Crippen molar-refractivity contribution in [1.82, 2.24) is 25.4 Å². The maximum absolute atomic E-state index is 4.74. The van der Waals surface area contributed by atoms with E-state index in [1.807, 2.05) is 0 Å². The molecular weight excluding hydrogens is 404 g/mol. The smallest absolute Gasteiger partial charge is 0.191 e. The zero-order valence-electron chi connectivity index (χ0n) is 19.5. The number of nitrogens with zero attached hydrogens (tertiary/aromatic N) is 4. The molecule has 3 rings (SSSR count). The van der Waals surface area contributed by atoms with E-state index in [0.29, 0.717) is 18.5 Å². The van der Waals surface area contributed by atoms with Gasteiger partial charge in [0.05, 0.1) is 12.2 Å². The second kappa shape index (κ2) is 12.2. The first-order chi connectivity index (χ1) is 15.1. The summed E-state index contributed by atoms with van der Waals surface area (Å²) >= 11 is 1.70. The molecule has 0 saturated carbocycles. The van der Waals surface area contributed by atoms with Gasteiger partial charge in [0.1, 0.15) is 5.01 Å². The molecule has 1 saturated heterocycles. The molecule has 1 aromatic heterocycles. The van der Waals surface area contributed by atoms with E-state index in [9.17, 15) is 0 Å². The van der Waals surface area contributed by atoms with Crippen molar-refractivity contribution >= 4 is 17.3 Å². The van der Waals surface area contributed by atoms with Gasteiger partial charge in [-0.1, -0.05) is 44.2 Å². The minimum atomic E-state index is 0.467. The van der Waals surface area contributed by atoms with E-state index in [1.54, 1.807) is 11.3 Å². The largest absolute Gasteiger partial charge is 0.357 e. The van der Waals surface area contributed by atoms with E-state index in [0.717, 1.165) is 62.4 Å². The SMILES string of the molecule is CCNC(=NCc1nc(C(C)C)cs1)NCCCN1CCN(C)CC1c1ccccc1. The van der Waals surface area contributed by atoms with Crippen LogP contribution < -0.4 is 10.6 Å². The Morgan fingerprint density at radius 1 is 1.23 bits per heavy atom. The Labute approximate surface area is 191 Å². The van der Waals surface area contributed by atoms with Crippen LogP contribution >= 0.6 is 11.3 Å². The normalized spacial score (nSPS) is 18.5. The van der Waals surface area contributed by atoms with Crippen molar-refractivity contribution < 1.29 is 0 Å². The zero-order valence-corrected chi connectivity index (χ0v) is 20.3. The molecule has 0 radical (unpaired) electrons. The summed E-state index contributed by atoms with van der Waals surface area (Å²) in [6.07, 6.45) is 1.09. The maximum Gasteiger partial charge on any atom is 0.191 e. The van der Waals surface area contributed by atoms with Crippen LogP contribution in [0.25, 0.3) is 0 Å². The van der Waals surface area contributed by atoms with Crippen molar-refractivity contribution in [2.75, 3.05) is 46.3 Å². The predicted molar refractivity (Wildman–Crippen MR) is 132 cm³/mol. The summed E-state index contributed by atoms with van der Waals surface area (Å²) in [6.45, 7) is 13.3. The molecule has 2 aromatic rings. The van der Waals surface area contributed by atoms with Gasteiger partial charge in [-0.05, 0) is 31.9 Å². The van der Waals surface area contributed by atoms with Crippen LogP contribution in [0.15, 0.2) is 40.7 Å². The third-order valence-electron chi connectivity index (χ3n) is 5.67. The van der Waals surface area contributed by atoms with Crippen LogP contribution in [0.1, 0.15) is 55.4 Å². The van der Waals surface area contributed by atoms with E-state index >= 15 is 0 Å². The second-order valence-corrected chi connectivity index (χ2v) is 9.46. The second-order valence-electron chi connectivity index (χ2n) is 8.52. The number of piperazine rings is 1. The van der Waals surface area contributed by atoms with Crippen LogP contribution in [0.2, 0.25) is 0 Å². The Hall–Kier alpha value is -1.96. The minimum Gasteiger partial charge on any atom is -0.357 e. The molecule has 170 valence electrons. The molecule has 6 nitrogen and oxygen atoms in total. The molecule has 31 heavy (non-hydrogen) atoms. The van der Waals surface area contributed by atoms with Gasteiger partial charge >= 0.3 is 0 Å². The Bertz CT molecular complexity index is 803. The summed E-state index contributed by atoms with van der Waals surface area (Å²) in [5.74, 6) is 1.34. The first kappa shape index (κ1) is 23.7. The standard InChI is InChI=1S/C24H38N6S/c1-5-25-24(27-16-23-28-21(18-31-23)19(2)3)26-12-9-13-30-15-14-29(4)17-22(30)20-10-7-6-8-11-20/h6-8,10-11,18-19,22H,5,9,12-17H2,1-4H3,(H2,25,26,27). The number of likely N-dealkylation sites (N-methyl/N-ethyl adjacent to an activating group) is 1. The molecule has 1 aliphatic rings. The zero-order chi connectivity index (χ0) is 22.1. The number of aliphatic imine (C=N–C) groups is 1. The van der Waals surface area contributed by atoms with E-state index < -0.39 is 0 Å². The Morgan fingerprint density at radius 3 is 2.74 bits per heavy atom. The third-order valence-corrected chi connectivity index (χ3v) is 6.52. The van der Waals surface area contributed by atoms with Gasteiger partial charge in [-0.2, -0.15) is 0 Å². The number of benzene rings is 1. The summed E-state index contributed by atoms with van der Waals surface area (Å²) in [4.78, 5) is 14.5. The molecule has 1 unspecified atom stereocenters. The lowest BCUT2D eigenvalue weighted by atomic mass is 10.0. The van der Waals surface area contributed by atoms with Crippen LogP contribution in [0.4, 0.5) is 0 Å². The predicted octanol–water partition coefficient (Wildman–Crippen LogP) is 3.70. The van der Waals surface area contributed by atoms with Crippen LogP contribution in [0, 0.1) is 0 Å². The van der Waals surface area contributed by atoms with Crippen LogP contribution in [0.3, 0.4) is 0 Å². The van der Waals surface area contributed by atoms with Crippen molar-refractivity contribution in [2.45, 2.75) is 45.7 Å². The molecule has 7 heteroatoms. The van der Waals surface area contributed by atoms with E-state index in [1.165, 1.54) is 5.56 Å². The van der Waals surface area contributed by atoms with Gasteiger partial charge in [0.2, 0.25) is 0 Å². The highest BCUT2D eigenvalue weighted by Crippen LogP contribution is 2.24. The molecule has 2 heterocycles. The summed E-state index contributed by atoms with van der Waals surface area (Å²) in [6, 6.07) is 11.4. The average Bonchev–Trinajstić information content (AvgIpc) is 3.26. The number of hydrogen-bond acceptors (Lipinski definition) is 5. The Balaban J connectivity index is 1.49. The van der Waals surface area contributed by atoms with Gasteiger partial charge in [-0.25, -0.2) is 9.98 Å². The molecule has 2 N–H and O–H groups in total. The number of thiazole rings is 1. The molecule has 0 amide bonds. The summed E-state index contributed by atoms with van der Waals surface area (Å²) < 4.78 is 0. The number of aromatic nitrogens is 1. The van der Waals surface area contributed by atoms with Crippen LogP contribution in [-0.2, 0) is 6.54 Å². The highest BCUT2D eigenvalue weighted by Gasteiger charge is 2.25. The highest BCUT2D eigenvalue weighted by atomic mass is 32.1. The number of hydrogen-bond donors (Lipinski definition) is 2. The number of rotatable bonds is 9. The summed E-state index contributed by atoms with van der Waals surface area (Å²) in [5, 5.41) is 10.1. The lowest BCUT2D eigenvalue weighted by Crippen LogP contribution is -2.47. The quantitative estimate of drug-likeness (QED) is 0.352. The fourth-order valence-electron chi connectivity index (χ4n) is 3.86. The summed E-state index contributed by atoms with van der Waals surface area (Å²) in [5.41, 5.74) is 2.58. The molecule has 0 aliphatic carbocycles. The summed E-state index contributed by atoms with van der Waals surface area (Å²) in [7, 11) is 2.22. The van der Waals surface area contributed by atoms with Crippen LogP contribution in [-0.4, -0.2) is 67.1 Å². The van der Waals surface area contributed by atoms with Gasteiger partial charge in [0.25, 0.3) is 0 Å². The van der Waals surface area contributed by atoms with E-state index in [-0.39, 0.29) is 0 Å². The fourth-order valence-corrected chi connectivity index (χ4v) is 4.74. The van der Waals surface area contributed by atoms with Gasteiger partial charge in [-0.3, -0.25) is 4.90 Å². The van der Waals surface area contributed by atoms with Gasteiger partial charge in [0, 0.05) is 50.7 Å². The molecule has 1 aliphatic heterocycles. The van der Waals surface area contributed by atoms with Gasteiger partial charge in [-0.15, -0.1) is 11.3 Å².